The predicted octanol–water partition coefficient (Wildman–Crippen LogP) is 1.06. The van der Waals surface area contributed by atoms with E-state index in [4.69, 9.17) is 0 Å². The normalized spacial score (nSPS) is 17.0. The first-order valence-corrected chi connectivity index (χ1v) is 10.9. The van der Waals surface area contributed by atoms with Gasteiger partial charge in [-0.15, -0.1) is 0 Å². The quantitative estimate of drug-likeness (QED) is 0.669. The van der Waals surface area contributed by atoms with E-state index in [1.807, 2.05) is 12.1 Å². The molecular formula is C20H24N4O4S. The molecular weight excluding hydrogens is 392 g/mol. The molecule has 2 N–H and O–H groups in total. The van der Waals surface area contributed by atoms with Gasteiger partial charge < -0.3 is 10.6 Å². The maximum Gasteiger partial charge on any atom is 0.243 e. The first-order chi connectivity index (χ1) is 14.0. The van der Waals surface area contributed by atoms with Crippen LogP contribution < -0.4 is 10.6 Å². The van der Waals surface area contributed by atoms with Gasteiger partial charge in [0.1, 0.15) is 6.04 Å². The lowest BCUT2D eigenvalue weighted by molar-refractivity contribution is -0.124. The van der Waals surface area contributed by atoms with Crippen molar-refractivity contribution in [3.8, 4) is 0 Å². The number of carbonyl (C=O) groups excluding carboxylic acids is 2. The minimum atomic E-state index is -3.73. The Morgan fingerprint density at radius 1 is 1.07 bits per heavy atom. The molecule has 0 bridgehead atoms. The van der Waals surface area contributed by atoms with Crippen molar-refractivity contribution >= 4 is 21.8 Å². The number of amides is 2. The smallest absolute Gasteiger partial charge is 0.243 e. The molecule has 29 heavy (non-hydrogen) atoms. The van der Waals surface area contributed by atoms with Gasteiger partial charge in [0, 0.05) is 38.4 Å². The SMILES string of the molecule is O=C(CCNC(=O)C1CCCN1S(=O)(=O)c1ccccc1)NCc1ccncc1. The zero-order valence-corrected chi connectivity index (χ0v) is 16.8. The lowest BCUT2D eigenvalue weighted by Crippen LogP contribution is -2.46. The fraction of sp³-hybridized carbons (Fsp3) is 0.350. The second-order valence-electron chi connectivity index (χ2n) is 6.76. The van der Waals surface area contributed by atoms with E-state index in [1.54, 1.807) is 30.6 Å². The summed E-state index contributed by atoms with van der Waals surface area (Å²) in [4.78, 5) is 28.6. The van der Waals surface area contributed by atoms with Gasteiger partial charge in [0.15, 0.2) is 0 Å². The molecule has 0 saturated carbocycles. The average Bonchev–Trinajstić information content (AvgIpc) is 3.25. The molecule has 1 aliphatic heterocycles. The van der Waals surface area contributed by atoms with Crippen LogP contribution in [0.1, 0.15) is 24.8 Å². The molecule has 3 rings (SSSR count). The summed E-state index contributed by atoms with van der Waals surface area (Å²) in [5.74, 6) is -0.564. The summed E-state index contributed by atoms with van der Waals surface area (Å²) in [6.07, 6.45) is 4.51. The summed E-state index contributed by atoms with van der Waals surface area (Å²) in [6.45, 7) is 0.847. The summed E-state index contributed by atoms with van der Waals surface area (Å²) in [7, 11) is -3.73. The van der Waals surface area contributed by atoms with Crippen LogP contribution in [0.25, 0.3) is 0 Å². The van der Waals surface area contributed by atoms with Crippen molar-refractivity contribution in [2.75, 3.05) is 13.1 Å². The highest BCUT2D eigenvalue weighted by atomic mass is 32.2. The Labute approximate surface area is 170 Å². The molecule has 1 aliphatic rings. The molecule has 0 aliphatic carbocycles. The average molecular weight is 417 g/mol. The second-order valence-corrected chi connectivity index (χ2v) is 8.65. The predicted molar refractivity (Wildman–Crippen MR) is 107 cm³/mol. The molecule has 1 unspecified atom stereocenters. The van der Waals surface area contributed by atoms with E-state index in [0.717, 1.165) is 5.56 Å². The number of rotatable bonds is 8. The summed E-state index contributed by atoms with van der Waals surface area (Å²) in [6, 6.07) is 11.0. The molecule has 0 spiro atoms. The van der Waals surface area contributed by atoms with Gasteiger partial charge in [-0.05, 0) is 42.7 Å². The van der Waals surface area contributed by atoms with Crippen LogP contribution in [-0.2, 0) is 26.2 Å². The molecule has 2 amide bonds. The van der Waals surface area contributed by atoms with Crippen molar-refractivity contribution in [1.29, 1.82) is 0 Å². The molecule has 1 atom stereocenters. The van der Waals surface area contributed by atoms with Gasteiger partial charge >= 0.3 is 0 Å². The van der Waals surface area contributed by atoms with Gasteiger partial charge in [0.05, 0.1) is 4.90 Å². The first-order valence-electron chi connectivity index (χ1n) is 9.48. The number of hydrogen-bond donors (Lipinski definition) is 2. The van der Waals surface area contributed by atoms with Gasteiger partial charge in [-0.25, -0.2) is 8.42 Å². The van der Waals surface area contributed by atoms with E-state index in [9.17, 15) is 18.0 Å². The number of nitrogens with one attached hydrogen (secondary N) is 2. The Kier molecular flexibility index (Phi) is 6.95. The molecule has 9 heteroatoms. The number of pyridine rings is 1. The monoisotopic (exact) mass is 416 g/mol. The molecule has 1 saturated heterocycles. The first kappa shape index (κ1) is 20.9. The van der Waals surface area contributed by atoms with Crippen LogP contribution in [0.5, 0.6) is 0 Å². The van der Waals surface area contributed by atoms with E-state index in [2.05, 4.69) is 15.6 Å². The van der Waals surface area contributed by atoms with Crippen LogP contribution >= 0.6 is 0 Å². The lowest BCUT2D eigenvalue weighted by atomic mass is 10.2. The van der Waals surface area contributed by atoms with Crippen LogP contribution in [0.4, 0.5) is 0 Å². The molecule has 0 radical (unpaired) electrons. The highest BCUT2D eigenvalue weighted by molar-refractivity contribution is 7.89. The highest BCUT2D eigenvalue weighted by Gasteiger charge is 2.39. The van der Waals surface area contributed by atoms with Crippen molar-refractivity contribution in [3.05, 3.63) is 60.4 Å². The van der Waals surface area contributed by atoms with Gasteiger partial charge in [-0.2, -0.15) is 4.31 Å². The van der Waals surface area contributed by atoms with E-state index in [1.165, 1.54) is 16.4 Å². The fourth-order valence-corrected chi connectivity index (χ4v) is 4.90. The maximum absolute atomic E-state index is 12.8. The number of aromatic nitrogens is 1. The molecule has 154 valence electrons. The molecule has 1 aromatic carbocycles. The number of benzene rings is 1. The van der Waals surface area contributed by atoms with E-state index in [0.29, 0.717) is 25.9 Å². The third kappa shape index (κ3) is 5.39. The highest BCUT2D eigenvalue weighted by Crippen LogP contribution is 2.26. The molecule has 1 aromatic heterocycles. The third-order valence-corrected chi connectivity index (χ3v) is 6.67. The standard InChI is InChI=1S/C20H24N4O4S/c25-19(23-15-16-8-11-21-12-9-16)10-13-22-20(26)18-7-4-14-24(18)29(27,28)17-5-2-1-3-6-17/h1-3,5-6,8-9,11-12,18H,4,7,10,13-15H2,(H,22,26)(H,23,25). The van der Waals surface area contributed by atoms with Crippen molar-refractivity contribution in [2.45, 2.75) is 36.7 Å². The summed E-state index contributed by atoms with van der Waals surface area (Å²) >= 11 is 0. The van der Waals surface area contributed by atoms with E-state index in [-0.39, 0.29) is 29.7 Å². The molecule has 2 heterocycles. The third-order valence-electron chi connectivity index (χ3n) is 4.75. The Morgan fingerprint density at radius 2 is 1.79 bits per heavy atom. The van der Waals surface area contributed by atoms with Crippen LogP contribution in [0.2, 0.25) is 0 Å². The Balaban J connectivity index is 1.49. The van der Waals surface area contributed by atoms with E-state index >= 15 is 0 Å². The van der Waals surface area contributed by atoms with Gasteiger partial charge in [-0.3, -0.25) is 14.6 Å². The number of nitrogens with zero attached hydrogens (tertiary/aromatic N) is 2. The summed E-state index contributed by atoms with van der Waals surface area (Å²) in [5.41, 5.74) is 0.935. The number of carbonyl (C=O) groups is 2. The zero-order valence-electron chi connectivity index (χ0n) is 16.0. The molecule has 8 nitrogen and oxygen atoms in total. The van der Waals surface area contributed by atoms with Crippen LogP contribution in [-0.4, -0.2) is 48.7 Å². The van der Waals surface area contributed by atoms with Crippen LogP contribution in [0, 0.1) is 0 Å². The number of hydrogen-bond acceptors (Lipinski definition) is 5. The molecule has 2 aromatic rings. The van der Waals surface area contributed by atoms with Gasteiger partial charge in [0.25, 0.3) is 0 Å². The van der Waals surface area contributed by atoms with Gasteiger partial charge in [0.2, 0.25) is 21.8 Å². The van der Waals surface area contributed by atoms with Crippen molar-refractivity contribution in [3.63, 3.8) is 0 Å². The van der Waals surface area contributed by atoms with Crippen LogP contribution in [0.15, 0.2) is 59.8 Å². The zero-order chi connectivity index (χ0) is 20.7. The fourth-order valence-electron chi connectivity index (χ4n) is 3.22. The molecule has 1 fully saturated rings. The summed E-state index contributed by atoms with van der Waals surface area (Å²) in [5, 5.41) is 5.46. The van der Waals surface area contributed by atoms with Crippen molar-refractivity contribution < 1.29 is 18.0 Å². The Bertz CT molecular complexity index is 935. The van der Waals surface area contributed by atoms with Crippen molar-refractivity contribution in [2.24, 2.45) is 0 Å². The topological polar surface area (TPSA) is 108 Å². The lowest BCUT2D eigenvalue weighted by Gasteiger charge is -2.23. The minimum Gasteiger partial charge on any atom is -0.354 e. The maximum atomic E-state index is 12.8. The Morgan fingerprint density at radius 3 is 2.52 bits per heavy atom. The Hall–Kier alpha value is -2.78. The van der Waals surface area contributed by atoms with Gasteiger partial charge in [-0.1, -0.05) is 18.2 Å². The van der Waals surface area contributed by atoms with Crippen LogP contribution in [0.3, 0.4) is 0 Å². The number of sulfonamides is 1. The van der Waals surface area contributed by atoms with E-state index < -0.39 is 16.1 Å². The summed E-state index contributed by atoms with van der Waals surface area (Å²) < 4.78 is 26.9. The second kappa shape index (κ2) is 9.62. The largest absolute Gasteiger partial charge is 0.354 e. The van der Waals surface area contributed by atoms with Crippen molar-refractivity contribution in [1.82, 2.24) is 19.9 Å². The minimum absolute atomic E-state index is 0.120.